The van der Waals surface area contributed by atoms with E-state index in [0.29, 0.717) is 0 Å². The van der Waals surface area contributed by atoms with Gasteiger partial charge in [0.25, 0.3) is 0 Å². The zero-order valence-electron chi connectivity index (χ0n) is 12.6. The molecule has 1 aliphatic rings. The lowest BCUT2D eigenvalue weighted by molar-refractivity contribution is 0.135. The first kappa shape index (κ1) is 15.8. The largest absolute Gasteiger partial charge is 0.489 e. The predicted molar refractivity (Wildman–Crippen MR) is 78.6 cm³/mol. The molecule has 0 aromatic rings. The summed E-state index contributed by atoms with van der Waals surface area (Å²) in [5.74, 6) is 0. The Morgan fingerprint density at radius 3 is 2.06 bits per heavy atom. The SMILES string of the molecule is CC(C)OB(OC(C)C)/C1=C/CCCCCCC1. The van der Waals surface area contributed by atoms with Crippen LogP contribution < -0.4 is 0 Å². The van der Waals surface area contributed by atoms with E-state index in [0.717, 1.165) is 6.42 Å². The average Bonchev–Trinajstić information content (AvgIpc) is 2.39. The number of hydrogen-bond acceptors (Lipinski definition) is 2. The third-order valence-corrected chi connectivity index (χ3v) is 3.17. The normalized spacial score (nSPS) is 21.1. The lowest BCUT2D eigenvalue weighted by Gasteiger charge is -2.22. The molecular formula is C15H29BO2. The van der Waals surface area contributed by atoms with Gasteiger partial charge in [-0.25, -0.2) is 0 Å². The highest BCUT2D eigenvalue weighted by Gasteiger charge is 2.26. The van der Waals surface area contributed by atoms with Crippen molar-refractivity contribution in [1.82, 2.24) is 0 Å². The molecule has 0 aromatic carbocycles. The van der Waals surface area contributed by atoms with Gasteiger partial charge in [-0.05, 0) is 52.4 Å². The van der Waals surface area contributed by atoms with Crippen LogP contribution >= 0.6 is 0 Å². The van der Waals surface area contributed by atoms with Crippen molar-refractivity contribution in [1.29, 1.82) is 0 Å². The van der Waals surface area contributed by atoms with Crippen LogP contribution in [0.1, 0.15) is 72.6 Å². The standard InChI is InChI=1S/C15H29BO2/c1-13(2)17-16(18-14(3)4)15-11-9-7-5-6-8-10-12-15/h11,13-14H,5-10,12H2,1-4H3/b15-11+. The van der Waals surface area contributed by atoms with Crippen LogP contribution in [0.5, 0.6) is 0 Å². The maximum Gasteiger partial charge on any atom is 0.489 e. The molecular weight excluding hydrogens is 223 g/mol. The molecule has 0 aromatic heterocycles. The first-order chi connectivity index (χ1) is 8.59. The van der Waals surface area contributed by atoms with Gasteiger partial charge in [0, 0.05) is 12.2 Å². The molecule has 0 radical (unpaired) electrons. The van der Waals surface area contributed by atoms with Crippen LogP contribution in [0.3, 0.4) is 0 Å². The molecule has 0 aliphatic heterocycles. The van der Waals surface area contributed by atoms with Crippen LogP contribution in [-0.2, 0) is 9.31 Å². The minimum Gasteiger partial charge on any atom is -0.405 e. The maximum atomic E-state index is 5.95. The van der Waals surface area contributed by atoms with E-state index in [4.69, 9.17) is 9.31 Å². The Morgan fingerprint density at radius 1 is 0.889 bits per heavy atom. The van der Waals surface area contributed by atoms with Crippen LogP contribution in [0.25, 0.3) is 0 Å². The molecule has 0 N–H and O–H groups in total. The van der Waals surface area contributed by atoms with E-state index in [1.54, 1.807) is 0 Å². The average molecular weight is 252 g/mol. The third-order valence-electron chi connectivity index (χ3n) is 3.17. The van der Waals surface area contributed by atoms with Gasteiger partial charge in [-0.3, -0.25) is 0 Å². The van der Waals surface area contributed by atoms with E-state index in [1.165, 1.54) is 44.0 Å². The molecule has 0 heterocycles. The van der Waals surface area contributed by atoms with E-state index in [2.05, 4.69) is 33.8 Å². The summed E-state index contributed by atoms with van der Waals surface area (Å²) in [7, 11) is -0.136. The van der Waals surface area contributed by atoms with Gasteiger partial charge in [-0.1, -0.05) is 31.8 Å². The minimum absolute atomic E-state index is 0.136. The van der Waals surface area contributed by atoms with E-state index in [9.17, 15) is 0 Å². The smallest absolute Gasteiger partial charge is 0.405 e. The molecule has 0 atom stereocenters. The molecule has 0 saturated heterocycles. The lowest BCUT2D eigenvalue weighted by Crippen LogP contribution is -2.32. The van der Waals surface area contributed by atoms with E-state index in [-0.39, 0.29) is 19.3 Å². The van der Waals surface area contributed by atoms with Crippen LogP contribution in [0, 0.1) is 0 Å². The molecule has 0 fully saturated rings. The second-order valence-corrected chi connectivity index (χ2v) is 5.79. The summed E-state index contributed by atoms with van der Waals surface area (Å²) in [4.78, 5) is 0. The molecule has 1 rings (SSSR count). The van der Waals surface area contributed by atoms with Crippen molar-refractivity contribution in [2.45, 2.75) is 84.8 Å². The maximum absolute atomic E-state index is 5.95. The quantitative estimate of drug-likeness (QED) is 0.669. The Morgan fingerprint density at radius 2 is 1.44 bits per heavy atom. The minimum atomic E-state index is -0.136. The van der Waals surface area contributed by atoms with Gasteiger partial charge >= 0.3 is 7.12 Å². The molecule has 0 spiro atoms. The van der Waals surface area contributed by atoms with E-state index < -0.39 is 0 Å². The van der Waals surface area contributed by atoms with E-state index >= 15 is 0 Å². The molecule has 0 bridgehead atoms. The fourth-order valence-electron chi connectivity index (χ4n) is 2.31. The highest BCUT2D eigenvalue weighted by atomic mass is 16.6. The highest BCUT2D eigenvalue weighted by molar-refractivity contribution is 6.53. The van der Waals surface area contributed by atoms with Crippen LogP contribution in [0.4, 0.5) is 0 Å². The van der Waals surface area contributed by atoms with Crippen LogP contribution in [0.2, 0.25) is 0 Å². The molecule has 0 saturated carbocycles. The first-order valence-corrected chi connectivity index (χ1v) is 7.59. The Hall–Kier alpha value is -0.275. The fraction of sp³-hybridized carbons (Fsp3) is 0.867. The van der Waals surface area contributed by atoms with Crippen LogP contribution in [0.15, 0.2) is 11.5 Å². The van der Waals surface area contributed by atoms with Gasteiger partial charge < -0.3 is 9.31 Å². The predicted octanol–water partition coefficient (Wildman–Crippen LogP) is 4.53. The summed E-state index contributed by atoms with van der Waals surface area (Å²) in [6, 6.07) is 0. The second kappa shape index (κ2) is 8.76. The van der Waals surface area contributed by atoms with E-state index in [1.807, 2.05) is 0 Å². The zero-order chi connectivity index (χ0) is 13.4. The van der Waals surface area contributed by atoms with Crippen molar-refractivity contribution in [3.63, 3.8) is 0 Å². The van der Waals surface area contributed by atoms with Crippen molar-refractivity contribution in [3.05, 3.63) is 11.5 Å². The van der Waals surface area contributed by atoms with Crippen molar-refractivity contribution < 1.29 is 9.31 Å². The Bertz CT molecular complexity index is 239. The number of rotatable bonds is 5. The summed E-state index contributed by atoms with van der Waals surface area (Å²) >= 11 is 0. The van der Waals surface area contributed by atoms with Gasteiger partial charge in [-0.15, -0.1) is 0 Å². The molecule has 0 amide bonds. The second-order valence-electron chi connectivity index (χ2n) is 5.79. The topological polar surface area (TPSA) is 18.5 Å². The third kappa shape index (κ3) is 6.60. The van der Waals surface area contributed by atoms with Gasteiger partial charge in [0.05, 0.1) is 0 Å². The molecule has 104 valence electrons. The zero-order valence-corrected chi connectivity index (χ0v) is 12.6. The summed E-state index contributed by atoms with van der Waals surface area (Å²) in [6.07, 6.45) is 11.7. The summed E-state index contributed by atoms with van der Waals surface area (Å²) in [6.45, 7) is 8.30. The number of allylic oxidation sites excluding steroid dienone is 2. The summed E-state index contributed by atoms with van der Waals surface area (Å²) < 4.78 is 11.9. The number of hydrogen-bond donors (Lipinski definition) is 0. The van der Waals surface area contributed by atoms with Crippen molar-refractivity contribution in [2.24, 2.45) is 0 Å². The Labute approximate surface area is 113 Å². The van der Waals surface area contributed by atoms with Gasteiger partial charge in [-0.2, -0.15) is 0 Å². The van der Waals surface area contributed by atoms with Crippen LogP contribution in [-0.4, -0.2) is 19.3 Å². The fourth-order valence-corrected chi connectivity index (χ4v) is 2.31. The Balaban J connectivity index is 2.66. The van der Waals surface area contributed by atoms with Gasteiger partial charge in [0.15, 0.2) is 0 Å². The van der Waals surface area contributed by atoms with Gasteiger partial charge in [0.2, 0.25) is 0 Å². The van der Waals surface area contributed by atoms with Gasteiger partial charge in [0.1, 0.15) is 0 Å². The van der Waals surface area contributed by atoms with Crippen molar-refractivity contribution >= 4 is 7.12 Å². The summed E-state index contributed by atoms with van der Waals surface area (Å²) in [5, 5.41) is 0. The Kier molecular flexibility index (Phi) is 7.68. The molecule has 2 nitrogen and oxygen atoms in total. The molecule has 3 heteroatoms. The molecule has 1 aliphatic carbocycles. The monoisotopic (exact) mass is 252 g/mol. The molecule has 0 unspecified atom stereocenters. The van der Waals surface area contributed by atoms with Crippen molar-refractivity contribution in [3.8, 4) is 0 Å². The summed E-state index contributed by atoms with van der Waals surface area (Å²) in [5.41, 5.74) is 1.36. The van der Waals surface area contributed by atoms with Crippen molar-refractivity contribution in [2.75, 3.05) is 0 Å². The molecule has 18 heavy (non-hydrogen) atoms. The highest BCUT2D eigenvalue weighted by Crippen LogP contribution is 2.21. The lowest BCUT2D eigenvalue weighted by atomic mass is 9.74. The first-order valence-electron chi connectivity index (χ1n) is 7.59.